The van der Waals surface area contributed by atoms with Crippen LogP contribution in [0.1, 0.15) is 6.92 Å². The second-order valence-electron chi connectivity index (χ2n) is 3.27. The predicted molar refractivity (Wildman–Crippen MR) is 62.9 cm³/mol. The predicted octanol–water partition coefficient (Wildman–Crippen LogP) is 2.91. The van der Waals surface area contributed by atoms with E-state index >= 15 is 0 Å². The molecule has 0 fully saturated rings. The van der Waals surface area contributed by atoms with Gasteiger partial charge in [0.1, 0.15) is 0 Å². The summed E-state index contributed by atoms with van der Waals surface area (Å²) in [4.78, 5) is 14.6. The summed E-state index contributed by atoms with van der Waals surface area (Å²) in [5.74, 6) is 0.171. The molecule has 1 heterocycles. The van der Waals surface area contributed by atoms with Gasteiger partial charge in [0.05, 0.1) is 10.9 Å². The number of rotatable bonds is 0. The molecule has 74 valence electrons. The molecule has 1 aromatic rings. The number of hydrogen-bond donors (Lipinski definition) is 0. The Morgan fingerprint density at radius 2 is 2.21 bits per heavy atom. The molecule has 1 unspecified atom stereocenters. The van der Waals surface area contributed by atoms with E-state index in [2.05, 4.69) is 22.0 Å². The molecule has 0 radical (unpaired) electrons. The minimum atomic E-state index is 0.0156. The molecule has 0 N–H and O–H groups in total. The van der Waals surface area contributed by atoms with Gasteiger partial charge in [-0.3, -0.25) is 4.79 Å². The van der Waals surface area contributed by atoms with E-state index in [1.165, 1.54) is 0 Å². The molecular formula is C10H10BrNOS. The van der Waals surface area contributed by atoms with Crippen molar-refractivity contribution in [2.75, 3.05) is 11.9 Å². The summed E-state index contributed by atoms with van der Waals surface area (Å²) in [5, 5.41) is 0.0156. The fourth-order valence-electron chi connectivity index (χ4n) is 1.49. The first kappa shape index (κ1) is 10.1. The molecule has 0 saturated carbocycles. The van der Waals surface area contributed by atoms with E-state index < -0.39 is 0 Å². The van der Waals surface area contributed by atoms with Crippen LogP contribution >= 0.6 is 27.7 Å². The van der Waals surface area contributed by atoms with Crippen molar-refractivity contribution in [3.05, 3.63) is 22.7 Å². The first-order valence-corrected chi connectivity index (χ1v) is 6.00. The second kappa shape index (κ2) is 3.59. The Balaban J connectivity index is 2.50. The molecule has 2 rings (SSSR count). The van der Waals surface area contributed by atoms with Crippen molar-refractivity contribution in [2.24, 2.45) is 0 Å². The molecule has 1 aliphatic heterocycles. The van der Waals surface area contributed by atoms with Crippen LogP contribution in [-0.2, 0) is 4.79 Å². The van der Waals surface area contributed by atoms with Gasteiger partial charge >= 0.3 is 0 Å². The molecular weight excluding hydrogens is 262 g/mol. The lowest BCUT2D eigenvalue weighted by atomic mass is 10.2. The van der Waals surface area contributed by atoms with Crippen molar-refractivity contribution in [1.29, 1.82) is 0 Å². The van der Waals surface area contributed by atoms with Crippen LogP contribution in [0.25, 0.3) is 0 Å². The molecule has 0 saturated heterocycles. The van der Waals surface area contributed by atoms with E-state index in [-0.39, 0.29) is 11.2 Å². The number of hydrogen-bond acceptors (Lipinski definition) is 2. The highest BCUT2D eigenvalue weighted by Crippen LogP contribution is 2.39. The Labute approximate surface area is 95.8 Å². The molecule has 1 amide bonds. The summed E-state index contributed by atoms with van der Waals surface area (Å²) in [7, 11) is 1.82. The van der Waals surface area contributed by atoms with Gasteiger partial charge in [0.25, 0.3) is 0 Å². The number of fused-ring (bicyclic) bond motifs is 1. The zero-order chi connectivity index (χ0) is 10.3. The number of carbonyl (C=O) groups excluding carboxylic acids is 1. The first-order valence-electron chi connectivity index (χ1n) is 4.33. The Morgan fingerprint density at radius 1 is 1.50 bits per heavy atom. The Bertz CT molecular complexity index is 394. The molecule has 0 aliphatic carbocycles. The van der Waals surface area contributed by atoms with Gasteiger partial charge in [0, 0.05) is 16.4 Å². The molecule has 1 atom stereocenters. The average molecular weight is 272 g/mol. The van der Waals surface area contributed by atoms with Crippen molar-refractivity contribution in [3.63, 3.8) is 0 Å². The van der Waals surface area contributed by atoms with Crippen LogP contribution in [0.5, 0.6) is 0 Å². The van der Waals surface area contributed by atoms with Crippen LogP contribution in [0.3, 0.4) is 0 Å². The maximum absolute atomic E-state index is 11.7. The van der Waals surface area contributed by atoms with Gasteiger partial charge in [-0.25, -0.2) is 0 Å². The van der Waals surface area contributed by atoms with Crippen LogP contribution < -0.4 is 4.90 Å². The van der Waals surface area contributed by atoms with E-state index in [9.17, 15) is 4.79 Å². The van der Waals surface area contributed by atoms with Crippen LogP contribution in [-0.4, -0.2) is 18.2 Å². The number of thioether (sulfide) groups is 1. The lowest BCUT2D eigenvalue weighted by Crippen LogP contribution is -2.36. The van der Waals surface area contributed by atoms with Gasteiger partial charge in [-0.1, -0.05) is 15.9 Å². The standard InChI is InChI=1S/C10H10BrNOS/c1-6-10(13)12(2)8-4-3-7(11)5-9(8)14-6/h3-6H,1-2H3. The lowest BCUT2D eigenvalue weighted by Gasteiger charge is -2.29. The third kappa shape index (κ3) is 1.57. The number of halogens is 1. The van der Waals surface area contributed by atoms with Gasteiger partial charge in [-0.05, 0) is 25.1 Å². The first-order chi connectivity index (χ1) is 6.59. The SMILES string of the molecule is CC1Sc2cc(Br)ccc2N(C)C1=O. The van der Waals surface area contributed by atoms with Crippen molar-refractivity contribution < 1.29 is 4.79 Å². The molecule has 14 heavy (non-hydrogen) atoms. The van der Waals surface area contributed by atoms with Crippen molar-refractivity contribution in [3.8, 4) is 0 Å². The summed E-state index contributed by atoms with van der Waals surface area (Å²) in [6.45, 7) is 1.94. The van der Waals surface area contributed by atoms with Crippen LogP contribution in [0, 0.1) is 0 Å². The monoisotopic (exact) mass is 271 g/mol. The maximum Gasteiger partial charge on any atom is 0.239 e. The minimum absolute atomic E-state index is 0.0156. The zero-order valence-corrected chi connectivity index (χ0v) is 10.4. The summed E-state index contributed by atoms with van der Waals surface area (Å²) in [5.41, 5.74) is 1.00. The van der Waals surface area contributed by atoms with Crippen LogP contribution in [0.2, 0.25) is 0 Å². The lowest BCUT2D eigenvalue weighted by molar-refractivity contribution is -0.117. The van der Waals surface area contributed by atoms with E-state index in [1.54, 1.807) is 16.7 Å². The van der Waals surface area contributed by atoms with Crippen molar-refractivity contribution in [2.45, 2.75) is 17.1 Å². The van der Waals surface area contributed by atoms with Crippen molar-refractivity contribution >= 4 is 39.3 Å². The maximum atomic E-state index is 11.7. The fraction of sp³-hybridized carbons (Fsp3) is 0.300. The van der Waals surface area contributed by atoms with E-state index in [0.29, 0.717) is 0 Å². The van der Waals surface area contributed by atoms with Crippen LogP contribution in [0.4, 0.5) is 5.69 Å². The minimum Gasteiger partial charge on any atom is -0.313 e. The summed E-state index contributed by atoms with van der Waals surface area (Å²) >= 11 is 5.05. The van der Waals surface area contributed by atoms with Gasteiger partial charge in [-0.2, -0.15) is 0 Å². The molecule has 0 spiro atoms. The zero-order valence-electron chi connectivity index (χ0n) is 7.95. The molecule has 0 aromatic heterocycles. The van der Waals surface area contributed by atoms with Gasteiger partial charge < -0.3 is 4.90 Å². The topological polar surface area (TPSA) is 20.3 Å². The molecule has 2 nitrogen and oxygen atoms in total. The number of nitrogens with zero attached hydrogens (tertiary/aromatic N) is 1. The van der Waals surface area contributed by atoms with E-state index in [0.717, 1.165) is 15.1 Å². The van der Waals surface area contributed by atoms with Crippen molar-refractivity contribution in [1.82, 2.24) is 0 Å². The highest BCUT2D eigenvalue weighted by molar-refractivity contribution is 9.10. The fourth-order valence-corrected chi connectivity index (χ4v) is 3.16. The summed E-state index contributed by atoms with van der Waals surface area (Å²) in [6.07, 6.45) is 0. The highest BCUT2D eigenvalue weighted by atomic mass is 79.9. The van der Waals surface area contributed by atoms with E-state index in [1.807, 2.05) is 26.1 Å². The highest BCUT2D eigenvalue weighted by Gasteiger charge is 2.27. The second-order valence-corrected chi connectivity index (χ2v) is 5.57. The third-order valence-electron chi connectivity index (χ3n) is 2.27. The summed E-state index contributed by atoms with van der Waals surface area (Å²) < 4.78 is 1.05. The molecule has 0 bridgehead atoms. The largest absolute Gasteiger partial charge is 0.313 e. The van der Waals surface area contributed by atoms with E-state index in [4.69, 9.17) is 0 Å². The van der Waals surface area contributed by atoms with Gasteiger partial charge in [-0.15, -0.1) is 11.8 Å². The Kier molecular flexibility index (Phi) is 2.58. The molecule has 1 aromatic carbocycles. The number of benzene rings is 1. The number of amides is 1. The number of anilines is 1. The average Bonchev–Trinajstić information content (AvgIpc) is 2.14. The Hall–Kier alpha value is -0.480. The van der Waals surface area contributed by atoms with Gasteiger partial charge in [0.2, 0.25) is 5.91 Å². The summed E-state index contributed by atoms with van der Waals surface area (Å²) in [6, 6.07) is 5.98. The third-order valence-corrected chi connectivity index (χ3v) is 3.89. The quantitative estimate of drug-likeness (QED) is 0.723. The van der Waals surface area contributed by atoms with Crippen LogP contribution in [0.15, 0.2) is 27.6 Å². The molecule has 4 heteroatoms. The smallest absolute Gasteiger partial charge is 0.239 e. The molecule has 1 aliphatic rings. The Morgan fingerprint density at radius 3 is 2.93 bits per heavy atom. The van der Waals surface area contributed by atoms with Gasteiger partial charge in [0.15, 0.2) is 0 Å². The number of carbonyl (C=O) groups is 1. The normalized spacial score (nSPS) is 20.9.